The van der Waals surface area contributed by atoms with Gasteiger partial charge >= 0.3 is 29.6 Å². The Labute approximate surface area is 158 Å². The maximum atomic E-state index is 10.2. The van der Waals surface area contributed by atoms with Crippen molar-refractivity contribution in [2.45, 2.75) is 83.7 Å². The zero-order chi connectivity index (χ0) is 15.8. The first kappa shape index (κ1) is 24.2. The van der Waals surface area contributed by atoms with Crippen molar-refractivity contribution in [2.75, 3.05) is 0 Å². The van der Waals surface area contributed by atoms with Crippen molar-refractivity contribution in [3.8, 4) is 0 Å². The van der Waals surface area contributed by atoms with E-state index in [-0.39, 0.29) is 42.1 Å². The van der Waals surface area contributed by atoms with E-state index < -0.39 is 5.97 Å². The number of carbonyl (C=O) groups is 1. The summed E-state index contributed by atoms with van der Waals surface area (Å²) in [7, 11) is 0. The van der Waals surface area contributed by atoms with Gasteiger partial charge in [-0.2, -0.15) is 0 Å². The van der Waals surface area contributed by atoms with Crippen molar-refractivity contribution in [1.82, 2.24) is 0 Å². The van der Waals surface area contributed by atoms with Gasteiger partial charge in [-0.3, -0.25) is 0 Å². The van der Waals surface area contributed by atoms with Crippen LogP contribution in [0.1, 0.15) is 77.6 Å². The van der Waals surface area contributed by atoms with E-state index >= 15 is 0 Å². The Kier molecular flexibility index (Phi) is 20.8. The molecule has 1 atom stereocenters. The van der Waals surface area contributed by atoms with Crippen LogP contribution in [0, 0.1) is 0 Å². The minimum Gasteiger partial charge on any atom is -0.550 e. The summed E-state index contributed by atoms with van der Waals surface area (Å²) in [6.45, 7) is 2.22. The van der Waals surface area contributed by atoms with Gasteiger partial charge in [-0.1, -0.05) is 44.1 Å². The van der Waals surface area contributed by atoms with Crippen molar-refractivity contribution in [2.24, 2.45) is 0 Å². The standard InChI is InChI=1S/C18H32O3.Na/c1-2-3-4-5-6-7-8-9-10-11-12-14-17(19)15-13-16-18(20)21;/h6-7,9-10,17,19H,2-5,8,11-16H2,1H3,(H,20,21);/q;+1/p-1/b7-6-,10-9-;. The number of aliphatic hydroxyl groups is 1. The van der Waals surface area contributed by atoms with E-state index in [1.165, 1.54) is 25.7 Å². The number of unbranched alkanes of at least 4 members (excludes halogenated alkanes) is 4. The van der Waals surface area contributed by atoms with Crippen LogP contribution in [0.25, 0.3) is 0 Å². The van der Waals surface area contributed by atoms with Crippen molar-refractivity contribution in [1.29, 1.82) is 0 Å². The number of carboxylic acids is 1. The molecule has 0 fully saturated rings. The number of rotatable bonds is 14. The molecule has 0 bridgehead atoms. The Morgan fingerprint density at radius 2 is 1.59 bits per heavy atom. The van der Waals surface area contributed by atoms with Crippen LogP contribution in [-0.4, -0.2) is 17.2 Å². The van der Waals surface area contributed by atoms with Crippen LogP contribution >= 0.6 is 0 Å². The first-order valence-corrected chi connectivity index (χ1v) is 8.34. The van der Waals surface area contributed by atoms with Gasteiger partial charge in [-0.05, 0) is 57.8 Å². The molecule has 0 aromatic rings. The van der Waals surface area contributed by atoms with Gasteiger partial charge in [-0.15, -0.1) is 0 Å². The van der Waals surface area contributed by atoms with Crippen LogP contribution < -0.4 is 34.7 Å². The summed E-state index contributed by atoms with van der Waals surface area (Å²) < 4.78 is 0. The summed E-state index contributed by atoms with van der Waals surface area (Å²) in [6.07, 6.45) is 18.2. The maximum Gasteiger partial charge on any atom is 1.00 e. The normalized spacial score (nSPS) is 12.6. The van der Waals surface area contributed by atoms with E-state index in [9.17, 15) is 15.0 Å². The van der Waals surface area contributed by atoms with Crippen LogP contribution in [0.3, 0.4) is 0 Å². The molecular formula is C18H31NaO3. The molecule has 0 aromatic heterocycles. The Morgan fingerprint density at radius 3 is 2.18 bits per heavy atom. The van der Waals surface area contributed by atoms with E-state index in [1.54, 1.807) is 0 Å². The van der Waals surface area contributed by atoms with E-state index in [2.05, 4.69) is 31.2 Å². The molecule has 0 spiro atoms. The zero-order valence-corrected chi connectivity index (χ0v) is 16.4. The summed E-state index contributed by atoms with van der Waals surface area (Å²) in [5, 5.41) is 19.9. The van der Waals surface area contributed by atoms with Gasteiger partial charge in [0.2, 0.25) is 0 Å². The van der Waals surface area contributed by atoms with E-state index in [0.717, 1.165) is 25.7 Å². The first-order chi connectivity index (χ1) is 10.2. The average Bonchev–Trinajstić information content (AvgIpc) is 2.44. The molecule has 4 heteroatoms. The fourth-order valence-electron chi connectivity index (χ4n) is 2.12. The molecule has 3 nitrogen and oxygen atoms in total. The monoisotopic (exact) mass is 318 g/mol. The third kappa shape index (κ3) is 19.9. The third-order valence-electron chi connectivity index (χ3n) is 3.41. The topological polar surface area (TPSA) is 60.4 Å². The van der Waals surface area contributed by atoms with E-state index in [1.807, 2.05) is 0 Å². The van der Waals surface area contributed by atoms with Gasteiger partial charge in [0.15, 0.2) is 0 Å². The SMILES string of the molecule is CCCCC/C=C\C/C=C\CCCC(O)CCCC(=O)[O-].[Na+]. The molecule has 0 aliphatic carbocycles. The molecule has 122 valence electrons. The molecule has 0 radical (unpaired) electrons. The van der Waals surface area contributed by atoms with E-state index in [0.29, 0.717) is 12.8 Å². The van der Waals surface area contributed by atoms with Crippen LogP contribution in [0.5, 0.6) is 0 Å². The van der Waals surface area contributed by atoms with Gasteiger partial charge in [-0.25, -0.2) is 0 Å². The Balaban J connectivity index is 0. The molecule has 0 saturated carbocycles. The molecule has 0 aliphatic rings. The average molecular weight is 318 g/mol. The maximum absolute atomic E-state index is 10.2. The number of hydrogen-bond donors (Lipinski definition) is 1. The summed E-state index contributed by atoms with van der Waals surface area (Å²) in [6, 6.07) is 0. The van der Waals surface area contributed by atoms with Crippen molar-refractivity contribution >= 4 is 5.97 Å². The Bertz CT molecular complexity index is 301. The second kappa shape index (κ2) is 19.0. The third-order valence-corrected chi connectivity index (χ3v) is 3.41. The van der Waals surface area contributed by atoms with Gasteiger partial charge in [0.05, 0.1) is 6.10 Å². The number of aliphatic hydroxyl groups excluding tert-OH is 1. The zero-order valence-electron chi connectivity index (χ0n) is 14.4. The van der Waals surface area contributed by atoms with Crippen molar-refractivity contribution < 1.29 is 44.6 Å². The second-order valence-corrected chi connectivity index (χ2v) is 5.52. The molecule has 1 unspecified atom stereocenters. The van der Waals surface area contributed by atoms with Crippen molar-refractivity contribution in [3.05, 3.63) is 24.3 Å². The Hall–Kier alpha value is -0.0900. The van der Waals surface area contributed by atoms with Crippen LogP contribution in [0.2, 0.25) is 0 Å². The van der Waals surface area contributed by atoms with Crippen LogP contribution in [-0.2, 0) is 4.79 Å². The number of carbonyl (C=O) groups excluding carboxylic acids is 1. The Morgan fingerprint density at radius 1 is 1.00 bits per heavy atom. The first-order valence-electron chi connectivity index (χ1n) is 8.34. The minimum atomic E-state index is -1.03. The quantitative estimate of drug-likeness (QED) is 0.289. The molecular weight excluding hydrogens is 287 g/mol. The summed E-state index contributed by atoms with van der Waals surface area (Å²) in [5.74, 6) is -1.03. The fourth-order valence-corrected chi connectivity index (χ4v) is 2.12. The van der Waals surface area contributed by atoms with Gasteiger partial charge in [0, 0.05) is 5.97 Å². The molecule has 0 heterocycles. The molecule has 0 aromatic carbocycles. The summed E-state index contributed by atoms with van der Waals surface area (Å²) in [4.78, 5) is 10.2. The van der Waals surface area contributed by atoms with Crippen molar-refractivity contribution in [3.63, 3.8) is 0 Å². The number of carboxylic acid groups (broad SMARTS) is 1. The smallest absolute Gasteiger partial charge is 0.550 e. The van der Waals surface area contributed by atoms with Gasteiger partial charge in [0.25, 0.3) is 0 Å². The van der Waals surface area contributed by atoms with Gasteiger partial charge < -0.3 is 15.0 Å². The predicted octanol–water partition coefficient (Wildman–Crippen LogP) is 0.525. The van der Waals surface area contributed by atoms with Gasteiger partial charge in [0.1, 0.15) is 0 Å². The molecule has 0 aliphatic heterocycles. The molecule has 0 saturated heterocycles. The van der Waals surface area contributed by atoms with Crippen LogP contribution in [0.4, 0.5) is 0 Å². The summed E-state index contributed by atoms with van der Waals surface area (Å²) >= 11 is 0. The second-order valence-electron chi connectivity index (χ2n) is 5.52. The molecule has 1 N–H and O–H groups in total. The predicted molar refractivity (Wildman–Crippen MR) is 85.8 cm³/mol. The fraction of sp³-hybridized carbons (Fsp3) is 0.722. The molecule has 0 amide bonds. The molecule has 22 heavy (non-hydrogen) atoms. The number of hydrogen-bond acceptors (Lipinski definition) is 3. The summed E-state index contributed by atoms with van der Waals surface area (Å²) in [5.41, 5.74) is 0. The van der Waals surface area contributed by atoms with E-state index in [4.69, 9.17) is 0 Å². The minimum absolute atomic E-state index is 0. The number of allylic oxidation sites excluding steroid dienone is 4. The number of aliphatic carboxylic acids is 1. The van der Waals surface area contributed by atoms with Crippen LogP contribution in [0.15, 0.2) is 24.3 Å². The molecule has 0 rings (SSSR count). The largest absolute Gasteiger partial charge is 1.00 e.